The topological polar surface area (TPSA) is 15.6 Å². The van der Waals surface area contributed by atoms with Gasteiger partial charge in [0.1, 0.15) is 0 Å². The fraction of sp³-hybridized carbons (Fsp3) is 0.875. The van der Waals surface area contributed by atoms with E-state index in [2.05, 4.69) is 14.2 Å². The second kappa shape index (κ2) is 4.17. The number of rotatable bonds is 1. The van der Waals surface area contributed by atoms with E-state index in [1.165, 1.54) is 37.5 Å². The molecule has 0 aromatic rings. The Morgan fingerprint density at radius 3 is 3.33 bits per heavy atom. The van der Waals surface area contributed by atoms with E-state index < -0.39 is 0 Å². The Hall–Kier alpha value is 0.550. The van der Waals surface area contributed by atoms with Gasteiger partial charge in [-0.1, -0.05) is 0 Å². The second-order valence-electron chi connectivity index (χ2n) is 3.10. The predicted molar refractivity (Wildman–Crippen MR) is 50.4 cm³/mol. The molecule has 70 valence electrons. The van der Waals surface area contributed by atoms with Crippen LogP contribution in [0.4, 0.5) is 0 Å². The number of amidine groups is 1. The number of fused-ring (bicyclic) bond motifs is 1. The molecular formula is C8H14IN2S-. The summed E-state index contributed by atoms with van der Waals surface area (Å²) in [6.07, 6.45) is 2.79. The fourth-order valence-corrected chi connectivity index (χ4v) is 4.82. The molecule has 0 bridgehead atoms. The fourth-order valence-electron chi connectivity index (χ4n) is 1.71. The molecule has 2 nitrogen and oxygen atoms in total. The van der Waals surface area contributed by atoms with E-state index in [4.69, 9.17) is 0 Å². The van der Waals surface area contributed by atoms with Crippen molar-refractivity contribution in [3.05, 3.63) is 0 Å². The van der Waals surface area contributed by atoms with Crippen LogP contribution in [-0.2, 0) is 0 Å². The van der Waals surface area contributed by atoms with Gasteiger partial charge in [-0.25, -0.2) is 0 Å². The van der Waals surface area contributed by atoms with Crippen molar-refractivity contribution in [3.8, 4) is 0 Å². The van der Waals surface area contributed by atoms with Crippen molar-refractivity contribution in [3.63, 3.8) is 0 Å². The van der Waals surface area contributed by atoms with Crippen molar-refractivity contribution < 1.29 is 21.2 Å². The standard InChI is InChI=1S/C8H14IN2S/c1-9-7-3-2-4-11-5-6-12-10-8(7)11/h7H,2-6H2,1H3/q-1. The van der Waals surface area contributed by atoms with Crippen molar-refractivity contribution in [1.29, 1.82) is 0 Å². The molecule has 1 fully saturated rings. The SMILES string of the molecule is C[I-]C1CCCN2CCSN=C12. The molecule has 2 aliphatic heterocycles. The Bertz CT molecular complexity index is 195. The molecule has 0 amide bonds. The summed E-state index contributed by atoms with van der Waals surface area (Å²) in [4.78, 5) is 4.89. The molecule has 0 saturated carbocycles. The van der Waals surface area contributed by atoms with Crippen LogP contribution >= 0.6 is 11.9 Å². The van der Waals surface area contributed by atoms with Crippen LogP contribution in [0.3, 0.4) is 0 Å². The van der Waals surface area contributed by atoms with Crippen LogP contribution in [-0.4, -0.2) is 38.4 Å². The molecule has 0 aromatic carbocycles. The Kier molecular flexibility index (Phi) is 3.17. The van der Waals surface area contributed by atoms with Crippen LogP contribution in [0.25, 0.3) is 0 Å². The summed E-state index contributed by atoms with van der Waals surface area (Å²) >= 11 is 2.12. The third kappa shape index (κ3) is 1.73. The van der Waals surface area contributed by atoms with Crippen LogP contribution in [0.15, 0.2) is 4.40 Å². The second-order valence-corrected chi connectivity index (χ2v) is 6.70. The van der Waals surface area contributed by atoms with Gasteiger partial charge in [0.25, 0.3) is 0 Å². The monoisotopic (exact) mass is 297 g/mol. The van der Waals surface area contributed by atoms with Crippen LogP contribution in [0.2, 0.25) is 0 Å². The van der Waals surface area contributed by atoms with Gasteiger partial charge < -0.3 is 0 Å². The zero-order valence-electron chi connectivity index (χ0n) is 7.29. The number of alkyl halides is 2. The Morgan fingerprint density at radius 2 is 2.50 bits per heavy atom. The summed E-state index contributed by atoms with van der Waals surface area (Å²) in [6, 6.07) is 0. The number of nitrogens with zero attached hydrogens (tertiary/aromatic N) is 2. The van der Waals surface area contributed by atoms with Crippen molar-refractivity contribution in [2.45, 2.75) is 16.8 Å². The third-order valence-corrected chi connectivity index (χ3v) is 5.73. The van der Waals surface area contributed by atoms with Gasteiger partial charge in [0, 0.05) is 0 Å². The summed E-state index contributed by atoms with van der Waals surface area (Å²) in [5, 5.41) is 0. The maximum atomic E-state index is 4.59. The van der Waals surface area contributed by atoms with Gasteiger partial charge >= 0.3 is 88.8 Å². The van der Waals surface area contributed by atoms with Gasteiger partial charge in [0.2, 0.25) is 0 Å². The molecule has 1 unspecified atom stereocenters. The Labute approximate surface area is 88.6 Å². The molecule has 0 N–H and O–H groups in total. The van der Waals surface area contributed by atoms with Crippen molar-refractivity contribution in [2.24, 2.45) is 4.40 Å². The minimum atomic E-state index is 0.355. The van der Waals surface area contributed by atoms with Gasteiger partial charge in [-0.2, -0.15) is 0 Å². The van der Waals surface area contributed by atoms with Crippen LogP contribution in [0.1, 0.15) is 12.8 Å². The number of halogens is 1. The van der Waals surface area contributed by atoms with Crippen LogP contribution < -0.4 is 21.2 Å². The normalized spacial score (nSPS) is 29.9. The molecule has 0 aromatic heterocycles. The van der Waals surface area contributed by atoms with Gasteiger partial charge in [-0.05, 0) is 0 Å². The van der Waals surface area contributed by atoms with Crippen molar-refractivity contribution in [1.82, 2.24) is 4.90 Å². The molecular weight excluding hydrogens is 283 g/mol. The average Bonchev–Trinajstić information content (AvgIpc) is 2.17. The van der Waals surface area contributed by atoms with Gasteiger partial charge in [0.15, 0.2) is 0 Å². The van der Waals surface area contributed by atoms with E-state index in [0.29, 0.717) is 21.2 Å². The first-order valence-corrected chi connectivity index (χ1v) is 8.69. The zero-order chi connectivity index (χ0) is 8.39. The number of piperidine rings is 1. The first-order valence-electron chi connectivity index (χ1n) is 4.34. The van der Waals surface area contributed by atoms with E-state index in [9.17, 15) is 0 Å². The molecule has 2 aliphatic rings. The molecule has 2 rings (SSSR count). The molecule has 0 spiro atoms. The molecule has 0 aliphatic carbocycles. The number of hydrogen-bond acceptors (Lipinski definition) is 3. The third-order valence-electron chi connectivity index (χ3n) is 2.36. The van der Waals surface area contributed by atoms with Crippen LogP contribution in [0.5, 0.6) is 0 Å². The predicted octanol–water partition coefficient (Wildman–Crippen LogP) is -1.77. The van der Waals surface area contributed by atoms with Gasteiger partial charge in [-0.3, -0.25) is 0 Å². The van der Waals surface area contributed by atoms with E-state index in [1.807, 2.05) is 0 Å². The van der Waals surface area contributed by atoms with Gasteiger partial charge in [0.05, 0.1) is 0 Å². The zero-order valence-corrected chi connectivity index (χ0v) is 10.3. The Morgan fingerprint density at radius 1 is 1.58 bits per heavy atom. The molecule has 12 heavy (non-hydrogen) atoms. The van der Waals surface area contributed by atoms with E-state index in [0.717, 1.165) is 3.92 Å². The Balaban J connectivity index is 2.12. The maximum absolute atomic E-state index is 4.59. The van der Waals surface area contributed by atoms with Gasteiger partial charge in [-0.15, -0.1) is 0 Å². The minimum absolute atomic E-state index is 0.355. The first-order chi connectivity index (χ1) is 5.92. The molecule has 0 radical (unpaired) electrons. The van der Waals surface area contributed by atoms with Crippen molar-refractivity contribution in [2.75, 3.05) is 23.8 Å². The van der Waals surface area contributed by atoms with E-state index in [-0.39, 0.29) is 0 Å². The molecule has 1 atom stereocenters. The van der Waals surface area contributed by atoms with Crippen molar-refractivity contribution >= 4 is 17.8 Å². The van der Waals surface area contributed by atoms with Crippen LogP contribution in [0, 0.1) is 0 Å². The quantitative estimate of drug-likeness (QED) is 0.323. The summed E-state index contributed by atoms with van der Waals surface area (Å²) in [7, 11) is 0. The summed E-state index contributed by atoms with van der Waals surface area (Å²) in [5.41, 5.74) is 0. The number of hydrogen-bond donors (Lipinski definition) is 0. The molecule has 1 saturated heterocycles. The summed E-state index contributed by atoms with van der Waals surface area (Å²) in [6.45, 7) is 2.50. The summed E-state index contributed by atoms with van der Waals surface area (Å²) in [5.74, 6) is 2.63. The molecule has 2 heterocycles. The summed E-state index contributed by atoms with van der Waals surface area (Å²) < 4.78 is 5.46. The van der Waals surface area contributed by atoms with E-state index >= 15 is 0 Å². The van der Waals surface area contributed by atoms with E-state index in [1.54, 1.807) is 11.9 Å². The molecule has 4 heteroatoms. The average molecular weight is 297 g/mol. The first kappa shape index (κ1) is 9.12.